The molecule has 2 radical (unpaired) electrons. The number of nitrogens with zero attached hydrogens (tertiary/aromatic N) is 12. The van der Waals surface area contributed by atoms with E-state index in [1.54, 1.807) is 84.4 Å². The fraction of sp³-hybridized carbons (Fsp3) is 0.0833. The third kappa shape index (κ3) is 43.9. The van der Waals surface area contributed by atoms with E-state index in [1.165, 1.54) is 0 Å². The van der Waals surface area contributed by atoms with Gasteiger partial charge in [-0.05, 0) is 193 Å². The first-order valence-electron chi connectivity index (χ1n) is 41.5. The topological polar surface area (TPSA) is 173 Å². The molecule has 0 saturated heterocycles. The van der Waals surface area contributed by atoms with Gasteiger partial charge in [-0.1, -0.05) is 261 Å². The molecule has 0 N–H and O–H groups in total. The van der Waals surface area contributed by atoms with Crippen LogP contribution >= 0.6 is 185 Å². The van der Waals surface area contributed by atoms with Crippen molar-refractivity contribution < 1.29 is 112 Å². The van der Waals surface area contributed by atoms with Gasteiger partial charge in [-0.25, -0.2) is 39.9 Å². The number of rotatable bonds is 18. The SMILES string of the molecule is COc1c(-c2cccc(-c3csc(-c4cccc(-c5ccccn5)n4)n3)c2)cc(C)cc1-c1cccc(-c2csc(-c3cccc(-c4ccccn4)n3)n2)c1.COc1c(-c2cccc(-c3csc(-c4cccc(-c5ccccn5)n4)n3)c2)cc(C)cc1-c1cccc(-c2csc(-c3cccc(-c4ccccn4)n3)n2)c1.ClC(Cl)Cl.ClC(Cl)Cl.ClC(Cl)Cl.ClC(Cl)Cl.F[B-](F)(F)F.F[B-](F)(F)F.F[B-](F)(F)F.F[B-](F)(F)F.[Co+2].[Co+2]. The molecular formula is C96H68B4Cl12Co2F16N12O2S4. The molecule has 0 saturated carbocycles. The Hall–Kier alpha value is -9.73. The predicted molar refractivity (Wildman–Crippen MR) is 574 cm³/mol. The number of alkyl halides is 12. The van der Waals surface area contributed by atoms with E-state index in [-0.39, 0.29) is 33.6 Å². The smallest absolute Gasteiger partial charge is 0.495 e. The Labute approximate surface area is 935 Å². The molecular weight excluding hydrogens is 2370 g/mol. The number of pyridine rings is 8. The molecule has 0 amide bonds. The van der Waals surface area contributed by atoms with E-state index in [4.69, 9.17) is 189 Å². The van der Waals surface area contributed by atoms with E-state index < -0.39 is 46.2 Å². The molecule has 0 atom stereocenters. The number of halogens is 28. The number of hydrogen-bond acceptors (Lipinski definition) is 18. The van der Waals surface area contributed by atoms with Crippen LogP contribution in [0.5, 0.6) is 11.5 Å². The van der Waals surface area contributed by atoms with Crippen molar-refractivity contribution >= 4 is 214 Å². The summed E-state index contributed by atoms with van der Waals surface area (Å²) in [6, 6.07) is 89.9. The second kappa shape index (κ2) is 61.1. The van der Waals surface area contributed by atoms with E-state index in [9.17, 15) is 69.1 Å². The van der Waals surface area contributed by atoms with Crippen molar-refractivity contribution in [2.45, 2.75) is 31.0 Å². The minimum atomic E-state index is -6.00. The van der Waals surface area contributed by atoms with Crippen molar-refractivity contribution in [3.63, 3.8) is 0 Å². The Morgan fingerprint density at radius 1 is 0.216 bits per heavy atom. The van der Waals surface area contributed by atoms with Crippen molar-refractivity contribution in [3.05, 3.63) is 324 Å². The number of hydrogen-bond donors (Lipinski definition) is 0. The number of aromatic nitrogens is 12. The average Bonchev–Trinajstić information content (AvgIpc) is 1.04. The number of benzene rings is 6. The normalized spacial score (nSPS) is 10.8. The number of methoxy groups -OCH3 is 2. The summed E-state index contributed by atoms with van der Waals surface area (Å²) < 4.78 is 165. The van der Waals surface area contributed by atoms with Crippen LogP contribution in [0.3, 0.4) is 0 Å². The summed E-state index contributed by atoms with van der Waals surface area (Å²) >= 11 is 64.0. The summed E-state index contributed by atoms with van der Waals surface area (Å²) in [6.45, 7) is 4.25. The second-order valence-electron chi connectivity index (χ2n) is 28.7. The van der Waals surface area contributed by atoms with E-state index >= 15 is 0 Å². The molecule has 0 fully saturated rings. The van der Waals surface area contributed by atoms with Crippen LogP contribution in [0.15, 0.2) is 313 Å². The molecule has 12 aromatic heterocycles. The quantitative estimate of drug-likeness (QED) is 0.0451. The molecule has 18 rings (SSSR count). The van der Waals surface area contributed by atoms with Gasteiger partial charge in [-0.2, -0.15) is 0 Å². The summed E-state index contributed by atoms with van der Waals surface area (Å²) in [5, 5.41) is 11.8. The Kier molecular flexibility index (Phi) is 51.7. The van der Waals surface area contributed by atoms with Crippen molar-refractivity contribution in [1.82, 2.24) is 59.8 Å². The van der Waals surface area contributed by atoms with E-state index in [0.29, 0.717) is 0 Å². The summed E-state index contributed by atoms with van der Waals surface area (Å²) in [6.07, 6.45) is 7.12. The molecule has 12 heterocycles. The molecule has 774 valence electrons. The Morgan fingerprint density at radius 3 is 0.547 bits per heavy atom. The third-order valence-corrected chi connectivity index (χ3v) is 21.8. The minimum Gasteiger partial charge on any atom is -0.495 e. The van der Waals surface area contributed by atoms with Gasteiger partial charge in [-0.15, -0.1) is 45.3 Å². The maximum absolute atomic E-state index is 9.75. The van der Waals surface area contributed by atoms with Gasteiger partial charge in [0, 0.05) is 90.8 Å². The van der Waals surface area contributed by atoms with Crippen molar-refractivity contribution in [2.75, 3.05) is 14.2 Å². The standard InChI is InChI=1S/2C46H32N6OS2.4CHCl3.4BF4.2Co/c2*1-29-23-34(30-11-7-13-32(25-30)42-27-54-45(51-42)40-19-9-17-38(49-40)36-15-3-5-21-47-36)44(53-2)35(24-29)31-12-8-14-33(26-31)43-28-55-46(52-43)41-20-10-18-39(50-41)37-16-4-6-22-48-37;4*2-1(3)4;4*2-1(3,4)5;;/h2*3-28H,1-2H3;4*1H;;;;;;/q;;;;;;4*-1;2*+2. The summed E-state index contributed by atoms with van der Waals surface area (Å²) in [5.41, 5.74) is 28.1. The average molecular weight is 2440 g/mol. The molecule has 0 aliphatic heterocycles. The zero-order chi connectivity index (χ0) is 107. The molecule has 0 bridgehead atoms. The van der Waals surface area contributed by atoms with E-state index in [0.717, 1.165) is 201 Å². The minimum absolute atomic E-state index is 0. The maximum Gasteiger partial charge on any atom is 2.00 e. The molecule has 18 aromatic rings. The van der Waals surface area contributed by atoms with E-state index in [2.05, 4.69) is 177 Å². The number of ether oxygens (including phenoxy) is 2. The van der Waals surface area contributed by atoms with Gasteiger partial charge in [0.15, 0.2) is 17.2 Å². The van der Waals surface area contributed by atoms with Crippen LogP contribution in [-0.4, -0.2) is 120 Å². The van der Waals surface area contributed by atoms with Gasteiger partial charge in [0.2, 0.25) is 0 Å². The van der Waals surface area contributed by atoms with Crippen molar-refractivity contribution in [3.8, 4) is 189 Å². The van der Waals surface area contributed by atoms with Gasteiger partial charge >= 0.3 is 62.6 Å². The van der Waals surface area contributed by atoms with Gasteiger partial charge in [0.1, 0.15) is 31.5 Å². The first-order chi connectivity index (χ1) is 69.1. The van der Waals surface area contributed by atoms with Crippen LogP contribution in [0, 0.1) is 13.8 Å². The zero-order valence-electron chi connectivity index (χ0n) is 75.7. The van der Waals surface area contributed by atoms with Gasteiger partial charge in [0.25, 0.3) is 0 Å². The van der Waals surface area contributed by atoms with Crippen molar-refractivity contribution in [2.24, 2.45) is 0 Å². The Morgan fingerprint density at radius 2 is 0.378 bits per heavy atom. The van der Waals surface area contributed by atoms with Crippen molar-refractivity contribution in [1.29, 1.82) is 0 Å². The van der Waals surface area contributed by atoms with Crippen LogP contribution in [0.4, 0.5) is 69.1 Å². The molecule has 0 aliphatic rings. The van der Waals surface area contributed by atoms with Gasteiger partial charge in [-0.3, -0.25) is 19.9 Å². The molecule has 148 heavy (non-hydrogen) atoms. The molecule has 14 nitrogen and oxygen atoms in total. The van der Waals surface area contributed by atoms with Gasteiger partial charge in [0.05, 0.1) is 105 Å². The number of aryl methyl sites for hydroxylation is 2. The zero-order valence-corrected chi connectivity index (χ0v) is 90.1. The third-order valence-electron chi connectivity index (χ3n) is 18.4. The summed E-state index contributed by atoms with van der Waals surface area (Å²) in [7, 11) is -20.5. The monoisotopic (exact) mass is 2430 g/mol. The Balaban J connectivity index is 0.000000298. The van der Waals surface area contributed by atoms with Crippen LogP contribution in [0.2, 0.25) is 0 Å². The molecule has 6 aromatic carbocycles. The second-order valence-corrected chi connectivity index (χ2v) is 40.1. The van der Waals surface area contributed by atoms with Gasteiger partial charge < -0.3 is 78.5 Å². The first-order valence-corrected chi connectivity index (χ1v) is 50.2. The predicted octanol–water partition coefficient (Wildman–Crippen LogP) is 36.8. The van der Waals surface area contributed by atoms with Crippen LogP contribution < -0.4 is 9.47 Å². The maximum atomic E-state index is 9.75. The largest absolute Gasteiger partial charge is 2.00 e. The van der Waals surface area contributed by atoms with Crippen LogP contribution in [0.1, 0.15) is 11.1 Å². The summed E-state index contributed by atoms with van der Waals surface area (Å²) in [4.78, 5) is 57.4. The number of thiazole rings is 4. The molecule has 0 aliphatic carbocycles. The fourth-order valence-electron chi connectivity index (χ4n) is 13.2. The fourth-order valence-corrected chi connectivity index (χ4v) is 16.4. The van der Waals surface area contributed by atoms with E-state index in [1.807, 2.05) is 146 Å². The summed E-state index contributed by atoms with van der Waals surface area (Å²) in [5.74, 6) is 1.62. The molecule has 52 heteroatoms. The first kappa shape index (κ1) is 125. The van der Waals surface area contributed by atoms with Crippen LogP contribution in [0.25, 0.3) is 178 Å². The molecule has 0 spiro atoms. The Bertz CT molecular complexity index is 6320. The van der Waals surface area contributed by atoms with Crippen LogP contribution in [-0.2, 0) is 33.6 Å². The molecule has 0 unspecified atom stereocenters.